The van der Waals surface area contributed by atoms with E-state index in [4.69, 9.17) is 4.52 Å². The first-order valence-electron chi connectivity index (χ1n) is 7.26. The molecule has 0 saturated heterocycles. The largest absolute Gasteiger partial charge is 0.361 e. The van der Waals surface area contributed by atoms with Crippen molar-refractivity contribution in [3.63, 3.8) is 0 Å². The van der Waals surface area contributed by atoms with Gasteiger partial charge in [-0.25, -0.2) is 0 Å². The van der Waals surface area contributed by atoms with Crippen molar-refractivity contribution in [1.29, 1.82) is 0 Å². The SMILES string of the molecule is Cc1noc(C)c1C(C)C(=O)Nc1cccnc1C1CC1. The number of hydrogen-bond acceptors (Lipinski definition) is 4. The van der Waals surface area contributed by atoms with Gasteiger partial charge in [0.1, 0.15) is 5.76 Å². The Labute approximate surface area is 123 Å². The monoisotopic (exact) mass is 285 g/mol. The van der Waals surface area contributed by atoms with Gasteiger partial charge in [-0.1, -0.05) is 5.16 Å². The second-order valence-corrected chi connectivity index (χ2v) is 5.66. The summed E-state index contributed by atoms with van der Waals surface area (Å²) in [4.78, 5) is 16.9. The van der Waals surface area contributed by atoms with E-state index in [2.05, 4.69) is 15.5 Å². The Hall–Kier alpha value is -2.17. The van der Waals surface area contributed by atoms with Crippen molar-refractivity contribution < 1.29 is 9.32 Å². The fraction of sp³-hybridized carbons (Fsp3) is 0.438. The maximum atomic E-state index is 12.5. The van der Waals surface area contributed by atoms with Crippen LogP contribution >= 0.6 is 0 Å². The smallest absolute Gasteiger partial charge is 0.231 e. The standard InChI is InChI=1S/C16H19N3O2/c1-9(14-10(2)19-21-11(14)3)16(20)18-13-5-4-8-17-15(13)12-6-7-12/h4-5,8-9,12H,6-7H2,1-3H3,(H,18,20). The minimum atomic E-state index is -0.302. The maximum Gasteiger partial charge on any atom is 0.231 e. The van der Waals surface area contributed by atoms with Gasteiger partial charge in [0.15, 0.2) is 0 Å². The lowest BCUT2D eigenvalue weighted by atomic mass is 9.98. The summed E-state index contributed by atoms with van der Waals surface area (Å²) >= 11 is 0. The third-order valence-corrected chi connectivity index (χ3v) is 3.98. The van der Waals surface area contributed by atoms with E-state index in [1.54, 1.807) is 6.20 Å². The molecule has 1 atom stereocenters. The summed E-state index contributed by atoms with van der Waals surface area (Å²) < 4.78 is 5.15. The third kappa shape index (κ3) is 2.68. The Morgan fingerprint density at radius 2 is 2.19 bits per heavy atom. The highest BCUT2D eigenvalue weighted by atomic mass is 16.5. The minimum Gasteiger partial charge on any atom is -0.361 e. The Kier molecular flexibility index (Phi) is 3.49. The Balaban J connectivity index is 1.80. The molecule has 1 aliphatic carbocycles. The van der Waals surface area contributed by atoms with Crippen LogP contribution in [0.15, 0.2) is 22.9 Å². The number of aryl methyl sites for hydroxylation is 2. The first kappa shape index (κ1) is 13.8. The van der Waals surface area contributed by atoms with E-state index >= 15 is 0 Å². The zero-order chi connectivity index (χ0) is 15.0. The zero-order valence-electron chi connectivity index (χ0n) is 12.5. The van der Waals surface area contributed by atoms with E-state index in [-0.39, 0.29) is 11.8 Å². The van der Waals surface area contributed by atoms with Crippen molar-refractivity contribution in [3.8, 4) is 0 Å². The van der Waals surface area contributed by atoms with Gasteiger partial charge in [0, 0.05) is 17.7 Å². The molecule has 110 valence electrons. The number of aromatic nitrogens is 2. The van der Waals surface area contributed by atoms with E-state index in [1.165, 1.54) is 0 Å². The molecule has 5 heteroatoms. The summed E-state index contributed by atoms with van der Waals surface area (Å²) in [5.74, 6) is 0.836. The second kappa shape index (κ2) is 5.31. The quantitative estimate of drug-likeness (QED) is 0.935. The van der Waals surface area contributed by atoms with Crippen LogP contribution in [-0.2, 0) is 4.79 Å². The summed E-state index contributed by atoms with van der Waals surface area (Å²) in [5, 5.41) is 6.92. The van der Waals surface area contributed by atoms with Gasteiger partial charge in [0.25, 0.3) is 0 Å². The van der Waals surface area contributed by atoms with Crippen LogP contribution in [0.5, 0.6) is 0 Å². The molecule has 1 unspecified atom stereocenters. The molecule has 21 heavy (non-hydrogen) atoms. The minimum absolute atomic E-state index is 0.0562. The summed E-state index contributed by atoms with van der Waals surface area (Å²) in [6.45, 7) is 5.56. The van der Waals surface area contributed by atoms with Gasteiger partial charge in [-0.2, -0.15) is 0 Å². The second-order valence-electron chi connectivity index (χ2n) is 5.66. The highest BCUT2D eigenvalue weighted by Crippen LogP contribution is 2.42. The van der Waals surface area contributed by atoms with Gasteiger partial charge in [-0.15, -0.1) is 0 Å². The molecule has 0 aromatic carbocycles. The summed E-state index contributed by atoms with van der Waals surface area (Å²) in [6, 6.07) is 3.76. The lowest BCUT2D eigenvalue weighted by Crippen LogP contribution is -2.20. The normalized spacial score (nSPS) is 15.8. The van der Waals surface area contributed by atoms with Crippen LogP contribution in [0.25, 0.3) is 0 Å². The van der Waals surface area contributed by atoms with Crippen LogP contribution in [0.1, 0.15) is 54.3 Å². The number of nitrogens with one attached hydrogen (secondary N) is 1. The first-order chi connectivity index (χ1) is 10.1. The van der Waals surface area contributed by atoms with Crippen molar-refractivity contribution >= 4 is 11.6 Å². The summed E-state index contributed by atoms with van der Waals surface area (Å²) in [7, 11) is 0. The topological polar surface area (TPSA) is 68.0 Å². The molecule has 1 N–H and O–H groups in total. The van der Waals surface area contributed by atoms with Crippen molar-refractivity contribution in [2.24, 2.45) is 0 Å². The molecule has 1 aliphatic rings. The molecule has 3 rings (SSSR count). The van der Waals surface area contributed by atoms with E-state index in [1.807, 2.05) is 32.9 Å². The summed E-state index contributed by atoms with van der Waals surface area (Å²) in [5.41, 5.74) is 3.45. The van der Waals surface area contributed by atoms with E-state index in [0.29, 0.717) is 11.7 Å². The number of carbonyl (C=O) groups is 1. The number of carbonyl (C=O) groups excluding carboxylic acids is 1. The first-order valence-corrected chi connectivity index (χ1v) is 7.26. The number of nitrogens with zero attached hydrogens (tertiary/aromatic N) is 2. The van der Waals surface area contributed by atoms with Gasteiger partial charge >= 0.3 is 0 Å². The van der Waals surface area contributed by atoms with Crippen LogP contribution in [0.3, 0.4) is 0 Å². The fourth-order valence-corrected chi connectivity index (χ4v) is 2.69. The van der Waals surface area contributed by atoms with Gasteiger partial charge in [0.2, 0.25) is 5.91 Å². The maximum absolute atomic E-state index is 12.5. The zero-order valence-corrected chi connectivity index (χ0v) is 12.5. The number of rotatable bonds is 4. The van der Waals surface area contributed by atoms with Crippen LogP contribution < -0.4 is 5.32 Å². The molecular weight excluding hydrogens is 266 g/mol. The molecule has 0 bridgehead atoms. The predicted molar refractivity (Wildman–Crippen MR) is 79.2 cm³/mol. The molecule has 2 aromatic rings. The molecular formula is C16H19N3O2. The van der Waals surface area contributed by atoms with Crippen LogP contribution in [0, 0.1) is 13.8 Å². The van der Waals surface area contributed by atoms with Crippen molar-refractivity contribution in [2.75, 3.05) is 5.32 Å². The van der Waals surface area contributed by atoms with Gasteiger partial charge < -0.3 is 9.84 Å². The molecule has 0 aliphatic heterocycles. The Morgan fingerprint density at radius 1 is 1.43 bits per heavy atom. The van der Waals surface area contributed by atoms with Crippen molar-refractivity contribution in [1.82, 2.24) is 10.1 Å². The van der Waals surface area contributed by atoms with E-state index in [9.17, 15) is 4.79 Å². The molecule has 5 nitrogen and oxygen atoms in total. The molecule has 0 spiro atoms. The molecule has 1 fully saturated rings. The fourth-order valence-electron chi connectivity index (χ4n) is 2.69. The van der Waals surface area contributed by atoms with E-state index < -0.39 is 0 Å². The Morgan fingerprint density at radius 3 is 2.81 bits per heavy atom. The Bertz CT molecular complexity index is 654. The molecule has 1 amide bonds. The highest BCUT2D eigenvalue weighted by molar-refractivity contribution is 5.96. The van der Waals surface area contributed by atoms with Gasteiger partial charge in [0.05, 0.1) is 23.0 Å². The average Bonchev–Trinajstić information content (AvgIpc) is 3.25. The number of pyridine rings is 1. The average molecular weight is 285 g/mol. The number of anilines is 1. The molecule has 1 saturated carbocycles. The third-order valence-electron chi connectivity index (χ3n) is 3.98. The molecule has 0 radical (unpaired) electrons. The van der Waals surface area contributed by atoms with Gasteiger partial charge in [-0.05, 0) is 45.7 Å². The van der Waals surface area contributed by atoms with E-state index in [0.717, 1.165) is 35.5 Å². The predicted octanol–water partition coefficient (Wildman–Crippen LogP) is 3.31. The van der Waals surface area contributed by atoms with Crippen LogP contribution in [0.2, 0.25) is 0 Å². The number of amides is 1. The summed E-state index contributed by atoms with van der Waals surface area (Å²) in [6.07, 6.45) is 4.08. The lowest BCUT2D eigenvalue weighted by Gasteiger charge is -2.14. The highest BCUT2D eigenvalue weighted by Gasteiger charge is 2.29. The van der Waals surface area contributed by atoms with Crippen LogP contribution in [0.4, 0.5) is 5.69 Å². The van der Waals surface area contributed by atoms with Crippen molar-refractivity contribution in [2.45, 2.75) is 45.4 Å². The molecule has 2 heterocycles. The van der Waals surface area contributed by atoms with Crippen molar-refractivity contribution in [3.05, 3.63) is 41.0 Å². The van der Waals surface area contributed by atoms with Crippen LogP contribution in [-0.4, -0.2) is 16.0 Å². The van der Waals surface area contributed by atoms with Gasteiger partial charge in [-0.3, -0.25) is 9.78 Å². The number of hydrogen-bond donors (Lipinski definition) is 1. The molecule has 2 aromatic heterocycles. The lowest BCUT2D eigenvalue weighted by molar-refractivity contribution is -0.117.